The Balaban J connectivity index is 2.10. The minimum Gasteiger partial charge on any atom is -0.444 e. The highest BCUT2D eigenvalue weighted by Gasteiger charge is 2.06. The molecule has 0 radical (unpaired) electrons. The number of hydrogen-bond acceptors (Lipinski definition) is 4. The summed E-state index contributed by atoms with van der Waals surface area (Å²) >= 11 is 0. The molecular formula is C13H17N3O. The first-order chi connectivity index (χ1) is 8.08. The highest BCUT2D eigenvalue weighted by Crippen LogP contribution is 2.21. The summed E-state index contributed by atoms with van der Waals surface area (Å²) in [6.45, 7) is 6.41. The fraction of sp³-hybridized carbons (Fsp3) is 0.308. The average molecular weight is 231 g/mol. The van der Waals surface area contributed by atoms with Crippen LogP contribution in [0, 0.1) is 20.8 Å². The molecule has 3 N–H and O–H groups in total. The molecule has 0 unspecified atom stereocenters. The Morgan fingerprint density at radius 2 is 2.06 bits per heavy atom. The van der Waals surface area contributed by atoms with Crippen LogP contribution in [-0.4, -0.2) is 4.98 Å². The topological polar surface area (TPSA) is 64.1 Å². The maximum absolute atomic E-state index is 5.84. The average Bonchev–Trinajstić information content (AvgIpc) is 2.61. The highest BCUT2D eigenvalue weighted by molar-refractivity contribution is 5.62. The van der Waals surface area contributed by atoms with Crippen molar-refractivity contribution < 1.29 is 4.42 Å². The molecule has 1 aromatic carbocycles. The smallest absolute Gasteiger partial charge is 0.213 e. The van der Waals surface area contributed by atoms with Crippen molar-refractivity contribution in [1.29, 1.82) is 0 Å². The molecule has 0 aliphatic carbocycles. The van der Waals surface area contributed by atoms with Gasteiger partial charge in [-0.25, -0.2) is 4.98 Å². The normalized spacial score (nSPS) is 10.5. The van der Waals surface area contributed by atoms with Gasteiger partial charge in [0.15, 0.2) is 0 Å². The van der Waals surface area contributed by atoms with Crippen molar-refractivity contribution in [3.8, 4) is 0 Å². The van der Waals surface area contributed by atoms with Gasteiger partial charge in [-0.2, -0.15) is 0 Å². The fourth-order valence-electron chi connectivity index (χ4n) is 1.63. The van der Waals surface area contributed by atoms with E-state index in [1.807, 2.05) is 39.0 Å². The first kappa shape index (κ1) is 11.5. The van der Waals surface area contributed by atoms with Crippen LogP contribution >= 0.6 is 0 Å². The van der Waals surface area contributed by atoms with E-state index in [9.17, 15) is 0 Å². The van der Waals surface area contributed by atoms with Crippen LogP contribution in [0.3, 0.4) is 0 Å². The van der Waals surface area contributed by atoms with Gasteiger partial charge in [0.05, 0.1) is 12.2 Å². The lowest BCUT2D eigenvalue weighted by molar-refractivity contribution is 0.478. The lowest BCUT2D eigenvalue weighted by Crippen LogP contribution is -2.02. The van der Waals surface area contributed by atoms with E-state index in [2.05, 4.69) is 10.3 Å². The molecule has 4 nitrogen and oxygen atoms in total. The molecule has 0 atom stereocenters. The summed E-state index contributed by atoms with van der Waals surface area (Å²) in [6.07, 6.45) is 0. The van der Waals surface area contributed by atoms with E-state index in [1.165, 1.54) is 0 Å². The number of hydrogen-bond donors (Lipinski definition) is 2. The summed E-state index contributed by atoms with van der Waals surface area (Å²) < 4.78 is 5.50. The van der Waals surface area contributed by atoms with Gasteiger partial charge in [-0.3, -0.25) is 0 Å². The van der Waals surface area contributed by atoms with E-state index < -0.39 is 0 Å². The molecule has 2 aromatic rings. The molecule has 0 aliphatic heterocycles. The second-order valence-corrected chi connectivity index (χ2v) is 4.12. The minimum absolute atomic E-state index is 0.568. The Kier molecular flexibility index (Phi) is 3.04. The first-order valence-electron chi connectivity index (χ1n) is 5.60. The van der Waals surface area contributed by atoms with Crippen LogP contribution in [0.1, 0.15) is 22.9 Å². The predicted octanol–water partition coefficient (Wildman–Crippen LogP) is 2.79. The zero-order valence-corrected chi connectivity index (χ0v) is 10.4. The minimum atomic E-state index is 0.568. The van der Waals surface area contributed by atoms with Crippen molar-refractivity contribution in [3.63, 3.8) is 0 Å². The lowest BCUT2D eigenvalue weighted by Gasteiger charge is -2.09. The maximum atomic E-state index is 5.84. The van der Waals surface area contributed by atoms with Gasteiger partial charge in [-0.1, -0.05) is 6.07 Å². The number of aryl methyl sites for hydroxylation is 2. The number of rotatable bonds is 3. The first-order valence-corrected chi connectivity index (χ1v) is 5.60. The summed E-state index contributed by atoms with van der Waals surface area (Å²) in [4.78, 5) is 4.32. The van der Waals surface area contributed by atoms with Crippen LogP contribution in [0.25, 0.3) is 0 Å². The van der Waals surface area contributed by atoms with Gasteiger partial charge in [0.2, 0.25) is 5.89 Å². The van der Waals surface area contributed by atoms with E-state index in [0.717, 1.165) is 28.4 Å². The molecule has 0 aliphatic rings. The molecule has 1 aromatic heterocycles. The van der Waals surface area contributed by atoms with Crippen molar-refractivity contribution >= 4 is 11.4 Å². The Morgan fingerprint density at radius 1 is 1.29 bits per heavy atom. The Hall–Kier alpha value is -1.97. The van der Waals surface area contributed by atoms with Crippen LogP contribution in [-0.2, 0) is 6.54 Å². The van der Waals surface area contributed by atoms with Crippen molar-refractivity contribution in [1.82, 2.24) is 4.98 Å². The standard InChI is InChI=1S/C13H17N3O/c1-8-11(14)5-4-6-12(8)15-7-13-16-9(2)10(3)17-13/h4-6,15H,7,14H2,1-3H3. The van der Waals surface area contributed by atoms with Gasteiger partial charge in [0.1, 0.15) is 5.76 Å². The number of benzene rings is 1. The fourth-order valence-corrected chi connectivity index (χ4v) is 1.63. The highest BCUT2D eigenvalue weighted by atomic mass is 16.4. The van der Waals surface area contributed by atoms with Crippen LogP contribution < -0.4 is 11.1 Å². The molecular weight excluding hydrogens is 214 g/mol. The summed E-state index contributed by atoms with van der Waals surface area (Å²) in [6, 6.07) is 5.81. The zero-order valence-electron chi connectivity index (χ0n) is 10.4. The van der Waals surface area contributed by atoms with Crippen molar-refractivity contribution in [2.75, 3.05) is 11.1 Å². The monoisotopic (exact) mass is 231 g/mol. The van der Waals surface area contributed by atoms with Crippen LogP contribution in [0.15, 0.2) is 22.6 Å². The molecule has 0 saturated heterocycles. The second-order valence-electron chi connectivity index (χ2n) is 4.12. The van der Waals surface area contributed by atoms with E-state index in [-0.39, 0.29) is 0 Å². The van der Waals surface area contributed by atoms with E-state index >= 15 is 0 Å². The summed E-state index contributed by atoms with van der Waals surface area (Å²) in [5.41, 5.74) is 9.62. The largest absolute Gasteiger partial charge is 0.444 e. The number of oxazole rings is 1. The number of nitrogens with one attached hydrogen (secondary N) is 1. The van der Waals surface area contributed by atoms with Crippen molar-refractivity contribution in [2.24, 2.45) is 0 Å². The number of aromatic nitrogens is 1. The van der Waals surface area contributed by atoms with Gasteiger partial charge in [0, 0.05) is 11.4 Å². The van der Waals surface area contributed by atoms with E-state index in [0.29, 0.717) is 12.4 Å². The zero-order chi connectivity index (χ0) is 12.4. The van der Waals surface area contributed by atoms with Crippen molar-refractivity contribution in [2.45, 2.75) is 27.3 Å². The number of nitrogen functional groups attached to an aromatic ring is 1. The van der Waals surface area contributed by atoms with Gasteiger partial charge < -0.3 is 15.5 Å². The molecule has 17 heavy (non-hydrogen) atoms. The van der Waals surface area contributed by atoms with Gasteiger partial charge in [0.25, 0.3) is 0 Å². The molecule has 90 valence electrons. The molecule has 0 spiro atoms. The SMILES string of the molecule is Cc1nc(CNc2cccc(N)c2C)oc1C. The van der Waals surface area contributed by atoms with E-state index in [4.69, 9.17) is 10.2 Å². The predicted molar refractivity (Wildman–Crippen MR) is 68.9 cm³/mol. The third-order valence-electron chi connectivity index (χ3n) is 2.88. The summed E-state index contributed by atoms with van der Waals surface area (Å²) in [7, 11) is 0. The Morgan fingerprint density at radius 3 is 2.71 bits per heavy atom. The van der Waals surface area contributed by atoms with Crippen LogP contribution in [0.4, 0.5) is 11.4 Å². The van der Waals surface area contributed by atoms with Gasteiger partial charge in [-0.15, -0.1) is 0 Å². The molecule has 0 saturated carbocycles. The summed E-state index contributed by atoms with van der Waals surface area (Å²) in [5, 5.41) is 3.27. The lowest BCUT2D eigenvalue weighted by atomic mass is 10.1. The number of nitrogens with zero attached hydrogens (tertiary/aromatic N) is 1. The Bertz CT molecular complexity index is 512. The Labute approximate surface area is 101 Å². The van der Waals surface area contributed by atoms with Crippen molar-refractivity contribution in [3.05, 3.63) is 41.1 Å². The molecule has 1 heterocycles. The van der Waals surface area contributed by atoms with Crippen LogP contribution in [0.5, 0.6) is 0 Å². The molecule has 2 rings (SSSR count). The quantitative estimate of drug-likeness (QED) is 0.797. The van der Waals surface area contributed by atoms with E-state index in [1.54, 1.807) is 0 Å². The number of nitrogens with two attached hydrogens (primary N) is 1. The third kappa shape index (κ3) is 2.41. The molecule has 0 fully saturated rings. The summed E-state index contributed by atoms with van der Waals surface area (Å²) in [5.74, 6) is 1.56. The van der Waals surface area contributed by atoms with Gasteiger partial charge >= 0.3 is 0 Å². The molecule has 0 bridgehead atoms. The molecule has 4 heteroatoms. The van der Waals surface area contributed by atoms with Gasteiger partial charge in [-0.05, 0) is 38.5 Å². The maximum Gasteiger partial charge on any atom is 0.213 e. The number of anilines is 2. The molecule has 0 amide bonds. The third-order valence-corrected chi connectivity index (χ3v) is 2.88. The second kappa shape index (κ2) is 4.49. The van der Waals surface area contributed by atoms with Crippen LogP contribution in [0.2, 0.25) is 0 Å².